The van der Waals surface area contributed by atoms with E-state index in [4.69, 9.17) is 17.9 Å². The number of hydrogen-bond acceptors (Lipinski definition) is 3. The average molecular weight is 147 g/mol. The van der Waals surface area contributed by atoms with Crippen molar-refractivity contribution in [2.45, 2.75) is 6.54 Å². The van der Waals surface area contributed by atoms with Crippen LogP contribution < -0.4 is 11.5 Å². The van der Waals surface area contributed by atoms with Crippen molar-refractivity contribution < 1.29 is 0 Å². The van der Waals surface area contributed by atoms with Gasteiger partial charge < -0.3 is 11.5 Å². The van der Waals surface area contributed by atoms with Crippen molar-refractivity contribution >= 4 is 5.82 Å². The average Bonchev–Trinajstić information content (AvgIpc) is 2.04. The van der Waals surface area contributed by atoms with Crippen molar-refractivity contribution in [1.82, 2.24) is 4.98 Å². The fourth-order valence-corrected chi connectivity index (χ4v) is 0.814. The van der Waals surface area contributed by atoms with Crippen LogP contribution in [0, 0.1) is 12.3 Å². The van der Waals surface area contributed by atoms with E-state index in [1.54, 1.807) is 12.3 Å². The molecule has 1 rings (SSSR count). The fourth-order valence-electron chi connectivity index (χ4n) is 0.814. The second kappa shape index (κ2) is 3.04. The van der Waals surface area contributed by atoms with Crippen LogP contribution >= 0.6 is 0 Å². The van der Waals surface area contributed by atoms with Crippen molar-refractivity contribution in [2.75, 3.05) is 5.73 Å². The van der Waals surface area contributed by atoms with E-state index < -0.39 is 0 Å². The minimum Gasteiger partial charge on any atom is -0.384 e. The van der Waals surface area contributed by atoms with Gasteiger partial charge in [-0.05, 0) is 11.6 Å². The molecule has 0 aromatic carbocycles. The third-order valence-electron chi connectivity index (χ3n) is 1.39. The molecule has 0 amide bonds. The van der Waals surface area contributed by atoms with Crippen LogP contribution in [0.15, 0.2) is 12.3 Å². The summed E-state index contributed by atoms with van der Waals surface area (Å²) in [5.74, 6) is 2.92. The standard InChI is InChI=1S/C8H9N3/c1-2-6-5-11-8(10)3-7(6)4-9/h1,3,5H,4,9H2,(H2,10,11). The highest BCUT2D eigenvalue weighted by atomic mass is 14.8. The van der Waals surface area contributed by atoms with Crippen LogP contribution in [-0.2, 0) is 6.54 Å². The molecule has 0 aliphatic rings. The first kappa shape index (κ1) is 7.58. The Balaban J connectivity index is 3.19. The minimum atomic E-state index is 0.395. The van der Waals surface area contributed by atoms with Crippen molar-refractivity contribution in [1.29, 1.82) is 0 Å². The van der Waals surface area contributed by atoms with E-state index in [0.717, 1.165) is 5.56 Å². The predicted octanol–water partition coefficient (Wildman–Crippen LogP) is 0.104. The monoisotopic (exact) mass is 147 g/mol. The lowest BCUT2D eigenvalue weighted by atomic mass is 10.1. The lowest BCUT2D eigenvalue weighted by molar-refractivity contribution is 1.05. The molecule has 0 unspecified atom stereocenters. The highest BCUT2D eigenvalue weighted by molar-refractivity contribution is 5.44. The van der Waals surface area contributed by atoms with E-state index >= 15 is 0 Å². The van der Waals surface area contributed by atoms with Gasteiger partial charge in [-0.3, -0.25) is 0 Å². The van der Waals surface area contributed by atoms with Crippen LogP contribution in [-0.4, -0.2) is 4.98 Å². The molecule has 56 valence electrons. The summed E-state index contributed by atoms with van der Waals surface area (Å²) < 4.78 is 0. The van der Waals surface area contributed by atoms with Gasteiger partial charge in [-0.15, -0.1) is 6.42 Å². The smallest absolute Gasteiger partial charge is 0.123 e. The third-order valence-corrected chi connectivity index (χ3v) is 1.39. The summed E-state index contributed by atoms with van der Waals surface area (Å²) >= 11 is 0. The number of aromatic nitrogens is 1. The van der Waals surface area contributed by atoms with Gasteiger partial charge in [-0.2, -0.15) is 0 Å². The maximum Gasteiger partial charge on any atom is 0.123 e. The van der Waals surface area contributed by atoms with Crippen molar-refractivity contribution in [3.05, 3.63) is 23.4 Å². The fraction of sp³-hybridized carbons (Fsp3) is 0.125. The molecule has 11 heavy (non-hydrogen) atoms. The molecule has 0 radical (unpaired) electrons. The summed E-state index contributed by atoms with van der Waals surface area (Å²) in [5, 5.41) is 0. The van der Waals surface area contributed by atoms with Gasteiger partial charge in [0.1, 0.15) is 5.82 Å². The van der Waals surface area contributed by atoms with E-state index in [2.05, 4.69) is 10.9 Å². The number of anilines is 1. The van der Waals surface area contributed by atoms with Gasteiger partial charge in [0.25, 0.3) is 0 Å². The number of rotatable bonds is 1. The Labute approximate surface area is 65.4 Å². The summed E-state index contributed by atoms with van der Waals surface area (Å²) in [6, 6.07) is 1.69. The second-order valence-electron chi connectivity index (χ2n) is 2.11. The third kappa shape index (κ3) is 1.48. The molecule has 0 saturated heterocycles. The number of pyridine rings is 1. The Morgan fingerprint density at radius 2 is 2.36 bits per heavy atom. The molecule has 0 saturated carbocycles. The van der Waals surface area contributed by atoms with Crippen LogP contribution in [0.2, 0.25) is 0 Å². The first-order valence-electron chi connectivity index (χ1n) is 3.19. The Kier molecular flexibility index (Phi) is 2.09. The zero-order valence-corrected chi connectivity index (χ0v) is 6.04. The van der Waals surface area contributed by atoms with Crippen LogP contribution in [0.5, 0.6) is 0 Å². The van der Waals surface area contributed by atoms with Crippen LogP contribution in [0.25, 0.3) is 0 Å². The van der Waals surface area contributed by atoms with Crippen LogP contribution in [0.4, 0.5) is 5.82 Å². The molecule has 1 aromatic heterocycles. The topological polar surface area (TPSA) is 64.9 Å². The summed E-state index contributed by atoms with van der Waals surface area (Å²) in [4.78, 5) is 3.84. The number of nitrogens with two attached hydrogens (primary N) is 2. The summed E-state index contributed by atoms with van der Waals surface area (Å²) in [6.45, 7) is 0.395. The van der Waals surface area contributed by atoms with Crippen molar-refractivity contribution in [3.8, 4) is 12.3 Å². The molecule has 0 fully saturated rings. The van der Waals surface area contributed by atoms with Gasteiger partial charge in [-0.25, -0.2) is 4.98 Å². The zero-order valence-electron chi connectivity index (χ0n) is 6.04. The predicted molar refractivity (Wildman–Crippen MR) is 44.5 cm³/mol. The lowest BCUT2D eigenvalue weighted by Gasteiger charge is -2.00. The molecule has 0 aliphatic carbocycles. The van der Waals surface area contributed by atoms with Crippen LogP contribution in [0.1, 0.15) is 11.1 Å². The maximum absolute atomic E-state index is 5.42. The molecule has 4 N–H and O–H groups in total. The van der Waals surface area contributed by atoms with E-state index in [9.17, 15) is 0 Å². The van der Waals surface area contributed by atoms with E-state index in [1.165, 1.54) is 0 Å². The molecule has 3 nitrogen and oxygen atoms in total. The van der Waals surface area contributed by atoms with Crippen molar-refractivity contribution in [2.24, 2.45) is 5.73 Å². The molecular formula is C8H9N3. The number of nitrogen functional groups attached to an aromatic ring is 1. The highest BCUT2D eigenvalue weighted by Gasteiger charge is 1.98. The Bertz CT molecular complexity index is 299. The summed E-state index contributed by atoms with van der Waals surface area (Å²) in [6.07, 6.45) is 6.74. The lowest BCUT2D eigenvalue weighted by Crippen LogP contribution is -2.02. The largest absolute Gasteiger partial charge is 0.384 e. The van der Waals surface area contributed by atoms with Gasteiger partial charge in [0.05, 0.1) is 0 Å². The van der Waals surface area contributed by atoms with Gasteiger partial charge in [-0.1, -0.05) is 5.92 Å². The Morgan fingerprint density at radius 1 is 1.64 bits per heavy atom. The molecular weight excluding hydrogens is 138 g/mol. The number of terminal acetylenes is 1. The summed E-state index contributed by atoms with van der Waals surface area (Å²) in [5.41, 5.74) is 12.4. The van der Waals surface area contributed by atoms with E-state index in [1.807, 2.05) is 0 Å². The minimum absolute atomic E-state index is 0.395. The quantitative estimate of drug-likeness (QED) is 0.554. The normalized spacial score (nSPS) is 9.09. The Hall–Kier alpha value is -1.53. The number of hydrogen-bond donors (Lipinski definition) is 2. The molecule has 0 spiro atoms. The first-order valence-corrected chi connectivity index (χ1v) is 3.19. The molecule has 1 heterocycles. The Morgan fingerprint density at radius 3 is 2.91 bits per heavy atom. The SMILES string of the molecule is C#Cc1cnc(N)cc1CN. The number of nitrogens with zero attached hydrogens (tertiary/aromatic N) is 1. The molecule has 3 heteroatoms. The highest BCUT2D eigenvalue weighted by Crippen LogP contribution is 2.08. The van der Waals surface area contributed by atoms with Gasteiger partial charge >= 0.3 is 0 Å². The van der Waals surface area contributed by atoms with Gasteiger partial charge in [0.15, 0.2) is 0 Å². The van der Waals surface area contributed by atoms with E-state index in [-0.39, 0.29) is 0 Å². The maximum atomic E-state index is 5.42. The molecule has 0 atom stereocenters. The molecule has 0 bridgehead atoms. The second-order valence-corrected chi connectivity index (χ2v) is 2.11. The first-order chi connectivity index (χ1) is 5.27. The van der Waals surface area contributed by atoms with Gasteiger partial charge in [0.2, 0.25) is 0 Å². The van der Waals surface area contributed by atoms with Crippen LogP contribution in [0.3, 0.4) is 0 Å². The summed E-state index contributed by atoms with van der Waals surface area (Å²) in [7, 11) is 0. The molecule has 1 aromatic rings. The van der Waals surface area contributed by atoms with Gasteiger partial charge in [0, 0.05) is 18.3 Å². The van der Waals surface area contributed by atoms with Crippen molar-refractivity contribution in [3.63, 3.8) is 0 Å². The molecule has 0 aliphatic heterocycles. The van der Waals surface area contributed by atoms with E-state index in [0.29, 0.717) is 17.9 Å². The zero-order chi connectivity index (χ0) is 8.27.